The Kier molecular flexibility index (Phi) is 6.23. The van der Waals surface area contributed by atoms with Crippen LogP contribution in [0.15, 0.2) is 28.7 Å². The third kappa shape index (κ3) is 5.43. The number of hydrogen-bond acceptors (Lipinski definition) is 4. The first-order valence-corrected chi connectivity index (χ1v) is 8.07. The van der Waals surface area contributed by atoms with Crippen LogP contribution in [0.2, 0.25) is 0 Å². The van der Waals surface area contributed by atoms with Gasteiger partial charge in [0.05, 0.1) is 5.75 Å². The molecule has 0 unspecified atom stereocenters. The number of hydrogen-bond donors (Lipinski definition) is 2. The summed E-state index contributed by atoms with van der Waals surface area (Å²) in [4.78, 5) is 0. The van der Waals surface area contributed by atoms with Gasteiger partial charge in [-0.2, -0.15) is 5.10 Å². The van der Waals surface area contributed by atoms with Gasteiger partial charge in [-0.25, -0.2) is 8.42 Å². The maximum atomic E-state index is 12.0. The zero-order valence-corrected chi connectivity index (χ0v) is 12.4. The van der Waals surface area contributed by atoms with Crippen molar-refractivity contribution in [2.75, 3.05) is 5.75 Å². The van der Waals surface area contributed by atoms with Crippen molar-refractivity contribution in [3.05, 3.63) is 24.0 Å². The number of rotatable bonds is 8. The molecular weight excluding hydrogens is 278 g/mol. The average molecular weight is 299 g/mol. The maximum absolute atomic E-state index is 12.0. The monoisotopic (exact) mass is 299 g/mol. The summed E-state index contributed by atoms with van der Waals surface area (Å²) in [5.41, 5.74) is 11.1. The Balaban J connectivity index is 2.62. The van der Waals surface area contributed by atoms with E-state index in [0.29, 0.717) is 12.8 Å². The summed E-state index contributed by atoms with van der Waals surface area (Å²) >= 11 is 0. The average Bonchev–Trinajstić information content (AvgIpc) is 2.84. The molecule has 0 bridgehead atoms. The Morgan fingerprint density at radius 2 is 2.15 bits per heavy atom. The third-order valence-electron chi connectivity index (χ3n) is 2.64. The highest BCUT2D eigenvalue weighted by Crippen LogP contribution is 2.08. The Morgan fingerprint density at radius 1 is 1.40 bits per heavy atom. The van der Waals surface area contributed by atoms with E-state index in [1.54, 1.807) is 18.5 Å². The second-order valence-electron chi connectivity index (χ2n) is 4.40. The molecule has 1 aromatic heterocycles. The molecule has 0 amide bonds. The minimum absolute atomic E-state index is 0.114. The zero-order chi connectivity index (χ0) is 15.0. The summed E-state index contributed by atoms with van der Waals surface area (Å²) in [7, 11) is -3.25. The summed E-state index contributed by atoms with van der Waals surface area (Å²) in [5.74, 6) is 0.0501. The number of nitrogens with zero attached hydrogens (tertiary/aromatic N) is 3. The van der Waals surface area contributed by atoms with E-state index in [4.69, 9.17) is 11.5 Å². The van der Waals surface area contributed by atoms with Gasteiger partial charge in [-0.3, -0.25) is 3.97 Å². The van der Waals surface area contributed by atoms with Crippen LogP contribution in [0.3, 0.4) is 0 Å². The molecule has 0 radical (unpaired) electrons. The normalized spacial score (nSPS) is 11.8. The third-order valence-corrected chi connectivity index (χ3v) is 4.31. The van der Waals surface area contributed by atoms with Crippen LogP contribution in [0.25, 0.3) is 0 Å². The molecule has 112 valence electrons. The van der Waals surface area contributed by atoms with Crippen molar-refractivity contribution in [2.45, 2.75) is 32.6 Å². The molecule has 0 spiro atoms. The van der Waals surface area contributed by atoms with Crippen LogP contribution in [-0.4, -0.2) is 30.3 Å². The van der Waals surface area contributed by atoms with Crippen LogP contribution < -0.4 is 11.5 Å². The van der Waals surface area contributed by atoms with Crippen LogP contribution >= 0.6 is 0 Å². The standard InChI is InChI=1S/C12H21N5O2S/c1-2-3-4-9-20(18,19)17-8-6-11(10-17)5-7-15-16-12(13)14/h6-8,10H,2-5,9H2,1H3,(H4,13,14,16). The van der Waals surface area contributed by atoms with Gasteiger partial charge in [0.15, 0.2) is 0 Å². The smallest absolute Gasteiger partial charge is 0.238 e. The van der Waals surface area contributed by atoms with Gasteiger partial charge in [0, 0.05) is 25.0 Å². The van der Waals surface area contributed by atoms with E-state index in [9.17, 15) is 8.42 Å². The molecular formula is C12H21N5O2S. The molecule has 0 aliphatic carbocycles. The van der Waals surface area contributed by atoms with Gasteiger partial charge in [-0.15, -0.1) is 5.10 Å². The summed E-state index contributed by atoms with van der Waals surface area (Å²) in [6, 6.07) is 1.74. The van der Waals surface area contributed by atoms with Crippen molar-refractivity contribution < 1.29 is 8.42 Å². The Morgan fingerprint density at radius 3 is 2.80 bits per heavy atom. The van der Waals surface area contributed by atoms with Gasteiger partial charge in [0.1, 0.15) is 0 Å². The number of aromatic nitrogens is 1. The predicted octanol–water partition coefficient (Wildman–Crippen LogP) is 0.658. The highest BCUT2D eigenvalue weighted by molar-refractivity contribution is 7.89. The lowest BCUT2D eigenvalue weighted by Crippen LogP contribution is -2.21. The van der Waals surface area contributed by atoms with Gasteiger partial charge in [-0.1, -0.05) is 19.8 Å². The van der Waals surface area contributed by atoms with Crippen LogP contribution in [0.1, 0.15) is 31.7 Å². The quantitative estimate of drug-likeness (QED) is 0.317. The van der Waals surface area contributed by atoms with Crippen molar-refractivity contribution >= 4 is 22.2 Å². The SMILES string of the molecule is CCCCCS(=O)(=O)n1ccc(CC=NN=C(N)N)c1. The van der Waals surface area contributed by atoms with Gasteiger partial charge in [0.2, 0.25) is 16.0 Å². The molecule has 20 heavy (non-hydrogen) atoms. The molecule has 1 heterocycles. The van der Waals surface area contributed by atoms with Crippen LogP contribution in [-0.2, 0) is 16.4 Å². The molecule has 1 aromatic rings. The fourth-order valence-corrected chi connectivity index (χ4v) is 2.93. The summed E-state index contributed by atoms with van der Waals surface area (Å²) in [6.07, 6.45) is 7.70. The highest BCUT2D eigenvalue weighted by atomic mass is 32.2. The lowest BCUT2D eigenvalue weighted by Gasteiger charge is -2.04. The molecule has 8 heteroatoms. The van der Waals surface area contributed by atoms with Crippen molar-refractivity contribution in [3.63, 3.8) is 0 Å². The van der Waals surface area contributed by atoms with E-state index in [0.717, 1.165) is 18.4 Å². The lowest BCUT2D eigenvalue weighted by atomic mass is 10.3. The maximum Gasteiger partial charge on any atom is 0.238 e. The minimum atomic E-state index is -3.25. The molecule has 0 fully saturated rings. The van der Waals surface area contributed by atoms with E-state index in [1.165, 1.54) is 10.2 Å². The zero-order valence-electron chi connectivity index (χ0n) is 11.6. The first kappa shape index (κ1) is 16.2. The van der Waals surface area contributed by atoms with Crippen molar-refractivity contribution in [2.24, 2.45) is 21.7 Å². The second kappa shape index (κ2) is 7.68. The first-order valence-electron chi connectivity index (χ1n) is 6.46. The largest absolute Gasteiger partial charge is 0.369 e. The fraction of sp³-hybridized carbons (Fsp3) is 0.500. The molecule has 0 aromatic carbocycles. The lowest BCUT2D eigenvalue weighted by molar-refractivity contribution is 0.582. The number of guanidine groups is 1. The van der Waals surface area contributed by atoms with Gasteiger partial charge in [-0.05, 0) is 18.1 Å². The topological polar surface area (TPSA) is 116 Å². The predicted molar refractivity (Wildman–Crippen MR) is 81.1 cm³/mol. The van der Waals surface area contributed by atoms with Gasteiger partial charge in [0.25, 0.3) is 0 Å². The summed E-state index contributed by atoms with van der Waals surface area (Å²) in [6.45, 7) is 2.04. The molecule has 0 atom stereocenters. The minimum Gasteiger partial charge on any atom is -0.369 e. The highest BCUT2D eigenvalue weighted by Gasteiger charge is 2.12. The van der Waals surface area contributed by atoms with Crippen LogP contribution in [0.4, 0.5) is 0 Å². The molecule has 0 aliphatic heterocycles. The van der Waals surface area contributed by atoms with Crippen LogP contribution in [0.5, 0.6) is 0 Å². The van der Waals surface area contributed by atoms with Crippen molar-refractivity contribution in [1.29, 1.82) is 0 Å². The van der Waals surface area contributed by atoms with E-state index in [1.807, 2.05) is 6.92 Å². The molecule has 0 aliphatic rings. The van der Waals surface area contributed by atoms with E-state index in [2.05, 4.69) is 10.2 Å². The number of unbranched alkanes of at least 4 members (excludes halogenated alkanes) is 2. The Hall–Kier alpha value is -1.83. The first-order chi connectivity index (χ1) is 9.45. The van der Waals surface area contributed by atoms with Crippen LogP contribution in [0, 0.1) is 0 Å². The van der Waals surface area contributed by atoms with Crippen molar-refractivity contribution in [3.8, 4) is 0 Å². The van der Waals surface area contributed by atoms with E-state index in [-0.39, 0.29) is 11.7 Å². The fourth-order valence-electron chi connectivity index (χ4n) is 1.61. The van der Waals surface area contributed by atoms with Gasteiger partial charge >= 0.3 is 0 Å². The molecule has 0 saturated heterocycles. The summed E-state index contributed by atoms with van der Waals surface area (Å²) < 4.78 is 25.3. The van der Waals surface area contributed by atoms with Crippen molar-refractivity contribution in [1.82, 2.24) is 3.97 Å². The van der Waals surface area contributed by atoms with Gasteiger partial charge < -0.3 is 11.5 Å². The van der Waals surface area contributed by atoms with E-state index < -0.39 is 10.0 Å². The Labute approximate surface area is 119 Å². The molecule has 1 rings (SSSR count). The molecule has 7 nitrogen and oxygen atoms in total. The summed E-state index contributed by atoms with van der Waals surface area (Å²) in [5, 5.41) is 7.11. The van der Waals surface area contributed by atoms with E-state index >= 15 is 0 Å². The number of nitrogens with two attached hydrogens (primary N) is 2. The molecule has 0 saturated carbocycles. The molecule has 4 N–H and O–H groups in total. The second-order valence-corrected chi connectivity index (χ2v) is 6.39. The Bertz CT molecular complexity index is 570.